The van der Waals surface area contributed by atoms with Crippen molar-refractivity contribution in [3.8, 4) is 39.4 Å². The number of aromatic hydroxyl groups is 1. The van der Waals surface area contributed by atoms with Crippen molar-refractivity contribution in [2.75, 3.05) is 4.90 Å². The van der Waals surface area contributed by atoms with E-state index < -0.39 is 18.6 Å². The number of phenolic OH excluding ortho intramolecular Hbond substituents is 1. The van der Waals surface area contributed by atoms with Crippen LogP contribution in [0.4, 0.5) is 17.2 Å². The molecule has 0 aliphatic carbocycles. The minimum Gasteiger partial charge on any atom is -0.507 e. The molecular formula is C46H41N3O. The van der Waals surface area contributed by atoms with Crippen molar-refractivity contribution in [3.63, 3.8) is 0 Å². The third-order valence-corrected chi connectivity index (χ3v) is 8.90. The van der Waals surface area contributed by atoms with Gasteiger partial charge in [-0.3, -0.25) is 4.90 Å². The minimum absolute atomic E-state index is 0.0492. The van der Waals surface area contributed by atoms with Crippen molar-refractivity contribution >= 4 is 17.2 Å². The molecule has 7 aromatic rings. The number of hydrogen-bond acceptors (Lipinski definition) is 4. The highest BCUT2D eigenvalue weighted by Gasteiger charge is 2.20. The van der Waals surface area contributed by atoms with Gasteiger partial charge in [-0.05, 0) is 107 Å². The summed E-state index contributed by atoms with van der Waals surface area (Å²) in [4.78, 5) is 12.0. The SMILES string of the molecule is [2H]C([2H])([2H])c1ccc(C([2H])(C)c2cc(-c3cc(N(c4ccccc4)c4cc(-c5ccccc5)ccn4)cc(C([2H])(C)C)c3)nc(-c3ccccc3O)c2)cc1. The topological polar surface area (TPSA) is 49.2 Å². The number of phenols is 1. The Morgan fingerprint density at radius 2 is 1.30 bits per heavy atom. The first-order chi connectivity index (χ1) is 26.2. The largest absolute Gasteiger partial charge is 0.507 e. The molecule has 0 aliphatic heterocycles. The van der Waals surface area contributed by atoms with Crippen molar-refractivity contribution in [1.29, 1.82) is 0 Å². The Morgan fingerprint density at radius 3 is 2.02 bits per heavy atom. The van der Waals surface area contributed by atoms with Crippen molar-refractivity contribution in [1.82, 2.24) is 9.97 Å². The normalized spacial score (nSPS) is 14.3. The highest BCUT2D eigenvalue weighted by Crippen LogP contribution is 2.40. The number of hydrogen-bond donors (Lipinski definition) is 1. The molecule has 50 heavy (non-hydrogen) atoms. The van der Waals surface area contributed by atoms with Crippen LogP contribution in [0.3, 0.4) is 0 Å². The smallest absolute Gasteiger partial charge is 0.138 e. The summed E-state index contributed by atoms with van der Waals surface area (Å²) in [6.45, 7) is 3.19. The summed E-state index contributed by atoms with van der Waals surface area (Å²) in [6.07, 6.45) is 1.80. The molecule has 1 atom stereocenters. The molecule has 246 valence electrons. The lowest BCUT2D eigenvalue weighted by Crippen LogP contribution is -2.12. The van der Waals surface area contributed by atoms with E-state index in [4.69, 9.17) is 14.1 Å². The molecule has 0 spiro atoms. The number of pyridine rings is 2. The van der Waals surface area contributed by atoms with E-state index in [1.54, 1.807) is 61.7 Å². The first-order valence-corrected chi connectivity index (χ1v) is 16.6. The lowest BCUT2D eigenvalue weighted by Gasteiger charge is -2.26. The van der Waals surface area contributed by atoms with E-state index in [0.717, 1.165) is 28.1 Å². The summed E-state index contributed by atoms with van der Waals surface area (Å²) < 4.78 is 42.4. The molecular weight excluding hydrogens is 611 g/mol. The van der Waals surface area contributed by atoms with E-state index in [0.29, 0.717) is 39.5 Å². The molecule has 1 unspecified atom stereocenters. The second-order valence-electron chi connectivity index (χ2n) is 12.6. The van der Waals surface area contributed by atoms with Crippen LogP contribution < -0.4 is 4.90 Å². The third-order valence-electron chi connectivity index (χ3n) is 8.90. The Labute approximate surface area is 302 Å². The van der Waals surface area contributed by atoms with Crippen LogP contribution in [0.25, 0.3) is 33.6 Å². The Balaban J connectivity index is 1.45. The fourth-order valence-electron chi connectivity index (χ4n) is 6.13. The first kappa shape index (κ1) is 26.9. The summed E-state index contributed by atoms with van der Waals surface area (Å²) in [5.41, 5.74) is 8.06. The van der Waals surface area contributed by atoms with Crippen LogP contribution in [-0.4, -0.2) is 15.1 Å². The first-order valence-electron chi connectivity index (χ1n) is 19.1. The number of aryl methyl sites for hydroxylation is 1. The molecule has 0 fully saturated rings. The van der Waals surface area contributed by atoms with Gasteiger partial charge in [0.05, 0.1) is 11.4 Å². The average molecular weight is 657 g/mol. The van der Waals surface area contributed by atoms with Crippen LogP contribution in [-0.2, 0) is 0 Å². The Hall–Kier alpha value is -6.00. The van der Waals surface area contributed by atoms with Crippen LogP contribution >= 0.6 is 0 Å². The fraction of sp³-hybridized carbons (Fsp3) is 0.130. The molecule has 4 heteroatoms. The molecule has 4 nitrogen and oxygen atoms in total. The summed E-state index contributed by atoms with van der Waals surface area (Å²) in [7, 11) is 0. The van der Waals surface area contributed by atoms with E-state index in [1.165, 1.54) is 0 Å². The molecule has 0 radical (unpaired) electrons. The van der Waals surface area contributed by atoms with Gasteiger partial charge in [-0.25, -0.2) is 9.97 Å². The maximum atomic E-state index is 11.0. The molecule has 2 heterocycles. The van der Waals surface area contributed by atoms with Gasteiger partial charge in [0.1, 0.15) is 11.6 Å². The zero-order valence-electron chi connectivity index (χ0n) is 33.3. The predicted molar refractivity (Wildman–Crippen MR) is 207 cm³/mol. The maximum absolute atomic E-state index is 11.0. The highest BCUT2D eigenvalue weighted by molar-refractivity contribution is 5.81. The van der Waals surface area contributed by atoms with Crippen molar-refractivity contribution in [2.45, 2.75) is 39.4 Å². The second kappa shape index (κ2) is 14.2. The Morgan fingerprint density at radius 1 is 0.600 bits per heavy atom. The van der Waals surface area contributed by atoms with Gasteiger partial charge in [-0.2, -0.15) is 0 Å². The van der Waals surface area contributed by atoms with Gasteiger partial charge < -0.3 is 5.11 Å². The van der Waals surface area contributed by atoms with Crippen LogP contribution in [0, 0.1) is 6.85 Å². The molecule has 0 saturated carbocycles. The average Bonchev–Trinajstić information content (AvgIpc) is 3.18. The number of nitrogens with zero attached hydrogens (tertiary/aromatic N) is 3. The van der Waals surface area contributed by atoms with Gasteiger partial charge in [-0.1, -0.05) is 111 Å². The van der Waals surface area contributed by atoms with Crippen molar-refractivity contribution in [3.05, 3.63) is 180 Å². The molecule has 0 bridgehead atoms. The monoisotopic (exact) mass is 656 g/mol. The van der Waals surface area contributed by atoms with Gasteiger partial charge in [0, 0.05) is 41.4 Å². The molecule has 0 amide bonds. The molecule has 2 aromatic heterocycles. The zero-order valence-corrected chi connectivity index (χ0v) is 28.3. The Kier molecular flexibility index (Phi) is 7.66. The van der Waals surface area contributed by atoms with Crippen LogP contribution in [0.1, 0.15) is 61.7 Å². The second-order valence-corrected chi connectivity index (χ2v) is 12.6. The molecule has 7 rings (SSSR count). The number of benzene rings is 5. The Bertz CT molecular complexity index is 2440. The number of para-hydroxylation sites is 2. The number of anilines is 3. The summed E-state index contributed by atoms with van der Waals surface area (Å²) in [5, 5.41) is 11.0. The maximum Gasteiger partial charge on any atom is 0.138 e. The van der Waals surface area contributed by atoms with Crippen molar-refractivity contribution in [2.24, 2.45) is 0 Å². The van der Waals surface area contributed by atoms with E-state index in [-0.39, 0.29) is 11.3 Å². The number of rotatable bonds is 9. The third kappa shape index (κ3) is 6.92. The highest BCUT2D eigenvalue weighted by atomic mass is 16.3. The fourth-order valence-corrected chi connectivity index (χ4v) is 6.13. The zero-order chi connectivity index (χ0) is 39.0. The molecule has 0 aliphatic rings. The summed E-state index contributed by atoms with van der Waals surface area (Å²) in [6, 6.07) is 47.2. The van der Waals surface area contributed by atoms with Gasteiger partial charge in [0.15, 0.2) is 0 Å². The van der Waals surface area contributed by atoms with E-state index in [1.807, 2.05) is 98.8 Å². The van der Waals surface area contributed by atoms with Crippen LogP contribution in [0.5, 0.6) is 5.75 Å². The molecule has 5 aromatic carbocycles. The summed E-state index contributed by atoms with van der Waals surface area (Å²) in [5.74, 6) is -1.60. The standard InChI is InChI=1S/C46H41N3O/c1-31(2)37-25-39(43-28-38(33(4)34-21-19-32(3)20-22-34)29-44(48-43)42-17-11-12-18-45(42)50)27-41(26-37)49(40-15-9-6-10-16-40)46-30-36(23-24-47-46)35-13-7-5-8-14-35/h5-31,33,50H,1-4H3/i3D3,31D,33D. The predicted octanol–water partition coefficient (Wildman–Crippen LogP) is 12.2. The summed E-state index contributed by atoms with van der Waals surface area (Å²) >= 11 is 0. The van der Waals surface area contributed by atoms with Crippen LogP contribution in [0.15, 0.2) is 158 Å². The van der Waals surface area contributed by atoms with Crippen molar-refractivity contribution < 1.29 is 12.0 Å². The van der Waals surface area contributed by atoms with Crippen LogP contribution in [0.2, 0.25) is 0 Å². The van der Waals surface area contributed by atoms with E-state index in [2.05, 4.69) is 23.1 Å². The molecule has 1 N–H and O–H groups in total. The lowest BCUT2D eigenvalue weighted by atomic mass is 9.90. The minimum atomic E-state index is -2.26. The quantitative estimate of drug-likeness (QED) is 0.168. The molecule has 0 saturated heterocycles. The lowest BCUT2D eigenvalue weighted by molar-refractivity contribution is 0.477. The van der Waals surface area contributed by atoms with E-state index >= 15 is 0 Å². The number of aromatic nitrogens is 2. The van der Waals surface area contributed by atoms with Gasteiger partial charge in [0.2, 0.25) is 0 Å². The van der Waals surface area contributed by atoms with Gasteiger partial charge >= 0.3 is 0 Å². The van der Waals surface area contributed by atoms with Gasteiger partial charge in [0.25, 0.3) is 0 Å². The van der Waals surface area contributed by atoms with E-state index in [9.17, 15) is 7.85 Å². The van der Waals surface area contributed by atoms with Gasteiger partial charge in [-0.15, -0.1) is 0 Å².